The van der Waals surface area contributed by atoms with Gasteiger partial charge in [0.15, 0.2) is 0 Å². The van der Waals surface area contributed by atoms with Gasteiger partial charge in [-0.25, -0.2) is 9.97 Å². The predicted octanol–water partition coefficient (Wildman–Crippen LogP) is 2.14. The minimum Gasteiger partial charge on any atom is -0.378 e. The lowest BCUT2D eigenvalue weighted by Crippen LogP contribution is -2.37. The Balaban J connectivity index is 1.99. The normalized spacial score (nSPS) is 13.8. The molecule has 1 aliphatic rings. The lowest BCUT2D eigenvalue weighted by molar-refractivity contribution is -0.383. The van der Waals surface area contributed by atoms with Crippen molar-refractivity contribution in [1.82, 2.24) is 9.97 Å². The smallest absolute Gasteiger partial charge is 0.353 e. The van der Waals surface area contributed by atoms with Crippen LogP contribution in [0.3, 0.4) is 0 Å². The molecular weight excluding hydrogens is 348 g/mol. The topological polar surface area (TPSA) is 108 Å². The van der Waals surface area contributed by atoms with Crippen LogP contribution in [-0.4, -0.2) is 47.7 Å². The summed E-state index contributed by atoms with van der Waals surface area (Å²) in [5.41, 5.74) is 0.851. The number of benzene rings is 1. The largest absolute Gasteiger partial charge is 0.378 e. The van der Waals surface area contributed by atoms with Crippen LogP contribution >= 0.6 is 0 Å². The first-order valence-corrected chi connectivity index (χ1v) is 8.68. The third kappa shape index (κ3) is 4.48. The number of nitro groups is 1. The molecule has 1 fully saturated rings. The summed E-state index contributed by atoms with van der Waals surface area (Å²) in [6, 6.07) is 11.7. The number of ether oxygens (including phenoxy) is 1. The highest BCUT2D eigenvalue weighted by Gasteiger charge is 2.30. The molecule has 0 aliphatic carbocycles. The van der Waals surface area contributed by atoms with E-state index in [1.54, 1.807) is 4.90 Å². The molecule has 2 heterocycles. The Morgan fingerprint density at radius 3 is 2.67 bits per heavy atom. The number of aromatic nitrogens is 2. The zero-order chi connectivity index (χ0) is 19.1. The second-order valence-corrected chi connectivity index (χ2v) is 6.04. The summed E-state index contributed by atoms with van der Waals surface area (Å²) in [5, 5.41) is 20.9. The van der Waals surface area contributed by atoms with E-state index in [0.29, 0.717) is 45.2 Å². The molecule has 0 bridgehead atoms. The molecule has 1 saturated heterocycles. The first-order chi connectivity index (χ1) is 13.2. The number of hydrogen-bond acceptors (Lipinski definition) is 8. The quantitative estimate of drug-likeness (QED) is 0.540. The molecule has 0 unspecified atom stereocenters. The molecule has 0 radical (unpaired) electrons. The van der Waals surface area contributed by atoms with Gasteiger partial charge in [-0.3, -0.25) is 10.1 Å². The van der Waals surface area contributed by atoms with E-state index in [4.69, 9.17) is 10.00 Å². The molecule has 9 nitrogen and oxygen atoms in total. The van der Waals surface area contributed by atoms with Gasteiger partial charge in [0.05, 0.1) is 30.6 Å². The number of hydrogen-bond donors (Lipinski definition) is 0. The summed E-state index contributed by atoms with van der Waals surface area (Å²) in [6.07, 6.45) is 1.58. The Morgan fingerprint density at radius 2 is 2.00 bits per heavy atom. The zero-order valence-electron chi connectivity index (χ0n) is 14.8. The van der Waals surface area contributed by atoms with Crippen LogP contribution in [0.5, 0.6) is 0 Å². The van der Waals surface area contributed by atoms with E-state index >= 15 is 0 Å². The molecule has 0 N–H and O–H groups in total. The molecule has 27 heavy (non-hydrogen) atoms. The van der Waals surface area contributed by atoms with Gasteiger partial charge >= 0.3 is 5.69 Å². The van der Waals surface area contributed by atoms with Gasteiger partial charge in [0.1, 0.15) is 6.33 Å². The van der Waals surface area contributed by atoms with Crippen LogP contribution in [0.25, 0.3) is 0 Å². The highest BCUT2D eigenvalue weighted by molar-refractivity contribution is 5.71. The second-order valence-electron chi connectivity index (χ2n) is 6.04. The summed E-state index contributed by atoms with van der Waals surface area (Å²) in [4.78, 5) is 23.5. The second kappa shape index (κ2) is 8.91. The fraction of sp³-hybridized carbons (Fsp3) is 0.389. The minimum absolute atomic E-state index is 0.131. The summed E-state index contributed by atoms with van der Waals surface area (Å²) in [6.45, 7) is 2.83. The van der Waals surface area contributed by atoms with E-state index in [1.807, 2.05) is 35.2 Å². The van der Waals surface area contributed by atoms with E-state index in [1.165, 1.54) is 6.33 Å². The van der Waals surface area contributed by atoms with Crippen molar-refractivity contribution in [2.24, 2.45) is 0 Å². The van der Waals surface area contributed by atoms with Gasteiger partial charge in [0.2, 0.25) is 11.6 Å². The fourth-order valence-electron chi connectivity index (χ4n) is 3.01. The average Bonchev–Trinajstić information content (AvgIpc) is 2.72. The van der Waals surface area contributed by atoms with E-state index in [-0.39, 0.29) is 17.9 Å². The molecular formula is C18H20N6O3. The minimum atomic E-state index is -0.440. The van der Waals surface area contributed by atoms with E-state index < -0.39 is 4.92 Å². The van der Waals surface area contributed by atoms with Crippen molar-refractivity contribution < 1.29 is 9.66 Å². The van der Waals surface area contributed by atoms with Gasteiger partial charge in [-0.05, 0) is 5.56 Å². The standard InChI is InChI=1S/C18H20N6O3/c19-7-4-8-23(13-15-5-2-1-3-6-15)18-16(24(25)26)17(20-14-21-18)22-9-11-27-12-10-22/h1-3,5-6,14H,4,8-13H2. The molecule has 1 aliphatic heterocycles. The van der Waals surface area contributed by atoms with Crippen LogP contribution in [0.2, 0.25) is 0 Å². The molecule has 0 amide bonds. The van der Waals surface area contributed by atoms with E-state index in [0.717, 1.165) is 5.56 Å². The third-order valence-corrected chi connectivity index (χ3v) is 4.29. The molecule has 0 spiro atoms. The lowest BCUT2D eigenvalue weighted by Gasteiger charge is -2.29. The van der Waals surface area contributed by atoms with Crippen LogP contribution in [0.4, 0.5) is 17.3 Å². The Kier molecular flexibility index (Phi) is 6.12. The summed E-state index contributed by atoms with van der Waals surface area (Å²) in [7, 11) is 0. The van der Waals surface area contributed by atoms with Gasteiger partial charge < -0.3 is 14.5 Å². The zero-order valence-corrected chi connectivity index (χ0v) is 14.8. The molecule has 0 atom stereocenters. The molecule has 2 aromatic rings. The van der Waals surface area contributed by atoms with Crippen LogP contribution in [0.15, 0.2) is 36.7 Å². The fourth-order valence-corrected chi connectivity index (χ4v) is 3.01. The first kappa shape index (κ1) is 18.5. The van der Waals surface area contributed by atoms with Crippen molar-refractivity contribution in [3.8, 4) is 6.07 Å². The van der Waals surface area contributed by atoms with Crippen molar-refractivity contribution >= 4 is 17.3 Å². The van der Waals surface area contributed by atoms with Crippen molar-refractivity contribution in [3.05, 3.63) is 52.3 Å². The van der Waals surface area contributed by atoms with Crippen LogP contribution in [0, 0.1) is 21.4 Å². The maximum Gasteiger partial charge on any atom is 0.353 e. The van der Waals surface area contributed by atoms with Crippen LogP contribution < -0.4 is 9.80 Å². The Hall–Kier alpha value is -3.25. The number of nitriles is 1. The summed E-state index contributed by atoms with van der Waals surface area (Å²) in [5.74, 6) is 0.527. The number of anilines is 2. The Morgan fingerprint density at radius 1 is 1.26 bits per heavy atom. The molecule has 9 heteroatoms. The maximum atomic E-state index is 11.9. The molecule has 140 valence electrons. The van der Waals surface area contributed by atoms with Gasteiger partial charge in [-0.2, -0.15) is 5.26 Å². The summed E-state index contributed by atoms with van der Waals surface area (Å²) < 4.78 is 5.33. The van der Waals surface area contributed by atoms with Crippen molar-refractivity contribution in [3.63, 3.8) is 0 Å². The van der Waals surface area contributed by atoms with E-state index in [9.17, 15) is 10.1 Å². The van der Waals surface area contributed by atoms with Gasteiger partial charge in [-0.1, -0.05) is 30.3 Å². The molecule has 1 aromatic heterocycles. The van der Waals surface area contributed by atoms with Gasteiger partial charge in [0.25, 0.3) is 0 Å². The van der Waals surface area contributed by atoms with Gasteiger partial charge in [0, 0.05) is 26.2 Å². The van der Waals surface area contributed by atoms with Crippen LogP contribution in [-0.2, 0) is 11.3 Å². The highest BCUT2D eigenvalue weighted by Crippen LogP contribution is 2.35. The molecule has 1 aromatic carbocycles. The maximum absolute atomic E-state index is 11.9. The number of morpholine rings is 1. The predicted molar refractivity (Wildman–Crippen MR) is 99.4 cm³/mol. The van der Waals surface area contributed by atoms with E-state index in [2.05, 4.69) is 16.0 Å². The van der Waals surface area contributed by atoms with Crippen LogP contribution in [0.1, 0.15) is 12.0 Å². The monoisotopic (exact) mass is 368 g/mol. The van der Waals surface area contributed by atoms with Crippen molar-refractivity contribution in [2.75, 3.05) is 42.6 Å². The average molecular weight is 368 g/mol. The Labute approximate surface area is 157 Å². The van der Waals surface area contributed by atoms with Gasteiger partial charge in [-0.15, -0.1) is 0 Å². The summed E-state index contributed by atoms with van der Waals surface area (Å²) >= 11 is 0. The first-order valence-electron chi connectivity index (χ1n) is 8.68. The SMILES string of the molecule is N#CCCN(Cc1ccccc1)c1ncnc(N2CCOCC2)c1[N+](=O)[O-]. The van der Waals surface area contributed by atoms with Crippen molar-refractivity contribution in [2.45, 2.75) is 13.0 Å². The number of rotatable bonds is 7. The number of nitrogens with zero attached hydrogens (tertiary/aromatic N) is 6. The Bertz CT molecular complexity index is 818. The molecule has 0 saturated carbocycles. The molecule has 3 rings (SSSR count). The van der Waals surface area contributed by atoms with Crippen molar-refractivity contribution in [1.29, 1.82) is 5.26 Å². The lowest BCUT2D eigenvalue weighted by atomic mass is 10.2. The highest BCUT2D eigenvalue weighted by atomic mass is 16.6. The third-order valence-electron chi connectivity index (χ3n) is 4.29.